The van der Waals surface area contributed by atoms with Crippen molar-refractivity contribution in [2.24, 2.45) is 5.92 Å². The van der Waals surface area contributed by atoms with Gasteiger partial charge in [0.2, 0.25) is 0 Å². The standard InChI is InChI=1S/C22H24N4O/c23-12-15-25-13-10-18(11-14-25)16-26-21-9-5-4-8-20(21)24-22(26)17-27-19-6-2-1-3-7-19/h1-9,18H,10-11,13-17H2. The third-order valence-electron chi connectivity index (χ3n) is 5.29. The van der Waals surface area contributed by atoms with Crippen molar-refractivity contribution in [2.45, 2.75) is 26.0 Å². The molecule has 0 aliphatic carbocycles. The minimum Gasteiger partial charge on any atom is -0.486 e. The van der Waals surface area contributed by atoms with Crippen LogP contribution in [0, 0.1) is 17.2 Å². The maximum absolute atomic E-state index is 8.88. The molecular weight excluding hydrogens is 336 g/mol. The quantitative estimate of drug-likeness (QED) is 0.627. The van der Waals surface area contributed by atoms with Crippen LogP contribution in [-0.2, 0) is 13.2 Å². The first-order valence-corrected chi connectivity index (χ1v) is 9.55. The summed E-state index contributed by atoms with van der Waals surface area (Å²) in [5.74, 6) is 2.44. The Bertz CT molecular complexity index is 920. The molecule has 0 bridgehead atoms. The Labute approximate surface area is 159 Å². The van der Waals surface area contributed by atoms with Gasteiger partial charge in [-0.2, -0.15) is 5.26 Å². The number of fused-ring (bicyclic) bond motifs is 1. The summed E-state index contributed by atoms with van der Waals surface area (Å²) in [5.41, 5.74) is 2.19. The van der Waals surface area contributed by atoms with Crippen molar-refractivity contribution in [1.82, 2.24) is 14.5 Å². The van der Waals surface area contributed by atoms with Gasteiger partial charge in [0.05, 0.1) is 23.6 Å². The predicted octanol–water partition coefficient (Wildman–Crippen LogP) is 3.85. The monoisotopic (exact) mass is 360 g/mol. The Hall–Kier alpha value is -2.84. The lowest BCUT2D eigenvalue weighted by Crippen LogP contribution is -2.35. The fourth-order valence-electron chi connectivity index (χ4n) is 3.79. The molecule has 0 amide bonds. The first-order valence-electron chi connectivity index (χ1n) is 9.55. The van der Waals surface area contributed by atoms with Gasteiger partial charge in [0.1, 0.15) is 18.2 Å². The second kappa shape index (κ2) is 8.24. The van der Waals surface area contributed by atoms with Crippen molar-refractivity contribution in [2.75, 3.05) is 19.6 Å². The number of piperidine rings is 1. The summed E-state index contributed by atoms with van der Waals surface area (Å²) in [5, 5.41) is 8.88. The van der Waals surface area contributed by atoms with Gasteiger partial charge in [-0.3, -0.25) is 4.90 Å². The molecule has 27 heavy (non-hydrogen) atoms. The molecule has 5 nitrogen and oxygen atoms in total. The maximum atomic E-state index is 8.88. The van der Waals surface area contributed by atoms with Crippen molar-refractivity contribution < 1.29 is 4.74 Å². The van der Waals surface area contributed by atoms with E-state index >= 15 is 0 Å². The van der Waals surface area contributed by atoms with E-state index in [1.165, 1.54) is 5.52 Å². The Balaban J connectivity index is 1.51. The Morgan fingerprint density at radius 2 is 1.78 bits per heavy atom. The minimum atomic E-state index is 0.464. The summed E-state index contributed by atoms with van der Waals surface area (Å²) in [6.07, 6.45) is 2.24. The Morgan fingerprint density at radius 1 is 1.04 bits per heavy atom. The molecule has 1 saturated heterocycles. The number of nitriles is 1. The SMILES string of the molecule is N#CCN1CCC(Cn2c(COc3ccccc3)nc3ccccc32)CC1. The van der Waals surface area contributed by atoms with Gasteiger partial charge >= 0.3 is 0 Å². The lowest BCUT2D eigenvalue weighted by Gasteiger charge is -2.30. The van der Waals surface area contributed by atoms with E-state index in [0.29, 0.717) is 19.1 Å². The Morgan fingerprint density at radius 3 is 2.56 bits per heavy atom. The third kappa shape index (κ3) is 4.12. The maximum Gasteiger partial charge on any atom is 0.148 e. The van der Waals surface area contributed by atoms with Crippen molar-refractivity contribution in [3.05, 3.63) is 60.4 Å². The highest BCUT2D eigenvalue weighted by Gasteiger charge is 2.21. The average molecular weight is 360 g/mol. The zero-order valence-corrected chi connectivity index (χ0v) is 15.4. The summed E-state index contributed by atoms with van der Waals surface area (Å²) in [6.45, 7) is 3.96. The first kappa shape index (κ1) is 17.6. The van der Waals surface area contributed by atoms with Gasteiger partial charge in [-0.25, -0.2) is 4.98 Å². The number of imidazole rings is 1. The van der Waals surface area contributed by atoms with Crippen LogP contribution in [0.3, 0.4) is 0 Å². The molecule has 1 aromatic heterocycles. The van der Waals surface area contributed by atoms with Crippen LogP contribution in [0.5, 0.6) is 5.75 Å². The molecule has 0 N–H and O–H groups in total. The van der Waals surface area contributed by atoms with E-state index in [9.17, 15) is 0 Å². The van der Waals surface area contributed by atoms with Crippen LogP contribution in [0.1, 0.15) is 18.7 Å². The van der Waals surface area contributed by atoms with E-state index in [1.807, 2.05) is 36.4 Å². The second-order valence-electron chi connectivity index (χ2n) is 7.11. The first-order chi connectivity index (χ1) is 13.3. The molecule has 1 aliphatic rings. The van der Waals surface area contributed by atoms with E-state index in [2.05, 4.69) is 33.7 Å². The molecule has 0 atom stereocenters. The van der Waals surface area contributed by atoms with Gasteiger partial charge in [-0.05, 0) is 56.1 Å². The highest BCUT2D eigenvalue weighted by Crippen LogP contribution is 2.24. The second-order valence-corrected chi connectivity index (χ2v) is 7.11. The van der Waals surface area contributed by atoms with Gasteiger partial charge < -0.3 is 9.30 Å². The topological polar surface area (TPSA) is 54.1 Å². The summed E-state index contributed by atoms with van der Waals surface area (Å²) >= 11 is 0. The summed E-state index contributed by atoms with van der Waals surface area (Å²) in [6, 6.07) is 20.4. The van der Waals surface area contributed by atoms with Crippen LogP contribution in [-0.4, -0.2) is 34.1 Å². The molecule has 2 heterocycles. The zero-order chi connectivity index (χ0) is 18.5. The van der Waals surface area contributed by atoms with Gasteiger partial charge in [-0.1, -0.05) is 30.3 Å². The molecule has 1 aliphatic heterocycles. The Kier molecular flexibility index (Phi) is 5.36. The fourth-order valence-corrected chi connectivity index (χ4v) is 3.79. The molecule has 0 spiro atoms. The van der Waals surface area contributed by atoms with Crippen LogP contribution in [0.4, 0.5) is 0 Å². The number of nitrogens with zero attached hydrogens (tertiary/aromatic N) is 4. The number of benzene rings is 2. The fraction of sp³-hybridized carbons (Fsp3) is 0.364. The highest BCUT2D eigenvalue weighted by atomic mass is 16.5. The van der Waals surface area contributed by atoms with E-state index in [4.69, 9.17) is 15.0 Å². The molecule has 0 radical (unpaired) electrons. The summed E-state index contributed by atoms with van der Waals surface area (Å²) < 4.78 is 8.30. The van der Waals surface area contributed by atoms with Gasteiger partial charge in [0.25, 0.3) is 0 Å². The van der Waals surface area contributed by atoms with Gasteiger partial charge in [0.15, 0.2) is 0 Å². The number of likely N-dealkylation sites (tertiary alicyclic amines) is 1. The van der Waals surface area contributed by atoms with Crippen molar-refractivity contribution in [3.8, 4) is 11.8 Å². The number of aromatic nitrogens is 2. The number of hydrogen-bond donors (Lipinski definition) is 0. The van der Waals surface area contributed by atoms with Crippen LogP contribution in [0.2, 0.25) is 0 Å². The lowest BCUT2D eigenvalue weighted by molar-refractivity contribution is 0.188. The van der Waals surface area contributed by atoms with Crippen LogP contribution < -0.4 is 4.74 Å². The largest absolute Gasteiger partial charge is 0.486 e. The van der Waals surface area contributed by atoms with E-state index in [-0.39, 0.29) is 0 Å². The molecule has 5 heteroatoms. The van der Waals surface area contributed by atoms with E-state index < -0.39 is 0 Å². The van der Waals surface area contributed by atoms with Gasteiger partial charge in [-0.15, -0.1) is 0 Å². The minimum absolute atomic E-state index is 0.464. The van der Waals surface area contributed by atoms with Crippen LogP contribution >= 0.6 is 0 Å². The molecule has 1 fully saturated rings. The third-order valence-corrected chi connectivity index (χ3v) is 5.29. The van der Waals surface area contributed by atoms with Crippen molar-refractivity contribution in [1.29, 1.82) is 5.26 Å². The number of rotatable bonds is 6. The smallest absolute Gasteiger partial charge is 0.148 e. The molecule has 0 saturated carbocycles. The molecule has 0 unspecified atom stereocenters. The number of para-hydroxylation sites is 3. The van der Waals surface area contributed by atoms with Crippen molar-refractivity contribution in [3.63, 3.8) is 0 Å². The average Bonchev–Trinajstić information content (AvgIpc) is 3.06. The molecule has 138 valence electrons. The van der Waals surface area contributed by atoms with Crippen LogP contribution in [0.15, 0.2) is 54.6 Å². The molecule has 3 aromatic rings. The zero-order valence-electron chi connectivity index (χ0n) is 15.4. The van der Waals surface area contributed by atoms with Crippen LogP contribution in [0.25, 0.3) is 11.0 Å². The van der Waals surface area contributed by atoms with Crippen molar-refractivity contribution >= 4 is 11.0 Å². The molecule has 4 rings (SSSR count). The van der Waals surface area contributed by atoms with Gasteiger partial charge in [0, 0.05) is 6.54 Å². The summed E-state index contributed by atoms with van der Waals surface area (Å²) in [4.78, 5) is 7.06. The number of ether oxygens (including phenoxy) is 1. The number of hydrogen-bond acceptors (Lipinski definition) is 4. The lowest BCUT2D eigenvalue weighted by atomic mass is 9.96. The van der Waals surface area contributed by atoms with E-state index in [1.54, 1.807) is 0 Å². The molecule has 2 aromatic carbocycles. The molecular formula is C22H24N4O. The normalized spacial score (nSPS) is 15.7. The van der Waals surface area contributed by atoms with E-state index in [0.717, 1.165) is 49.6 Å². The summed E-state index contributed by atoms with van der Waals surface area (Å²) in [7, 11) is 0. The highest BCUT2D eigenvalue weighted by molar-refractivity contribution is 5.75. The predicted molar refractivity (Wildman–Crippen MR) is 105 cm³/mol.